The molecule has 0 aliphatic carbocycles. The summed E-state index contributed by atoms with van der Waals surface area (Å²) in [6.07, 6.45) is 6.45. The van der Waals surface area contributed by atoms with Gasteiger partial charge < -0.3 is 10.1 Å². The summed E-state index contributed by atoms with van der Waals surface area (Å²) >= 11 is 0. The molecule has 0 fully saturated rings. The first-order chi connectivity index (χ1) is 8.27. The zero-order chi connectivity index (χ0) is 12.5. The number of nitrogens with one attached hydrogen (secondary N) is 1. The van der Waals surface area contributed by atoms with E-state index in [0.717, 1.165) is 24.6 Å². The molecule has 1 aromatic rings. The van der Waals surface area contributed by atoms with Crippen molar-refractivity contribution in [1.82, 2.24) is 4.98 Å². The number of aromatic nitrogens is 1. The fraction of sp³-hybridized carbons (Fsp3) is 0.643. The van der Waals surface area contributed by atoms with Gasteiger partial charge in [-0.05, 0) is 31.9 Å². The quantitative estimate of drug-likeness (QED) is 0.744. The van der Waals surface area contributed by atoms with E-state index in [2.05, 4.69) is 31.1 Å². The highest BCUT2D eigenvalue weighted by atomic mass is 16.5. The van der Waals surface area contributed by atoms with Crippen LogP contribution in [-0.4, -0.2) is 17.6 Å². The summed E-state index contributed by atoms with van der Waals surface area (Å²) in [5, 5.41) is 3.42. The van der Waals surface area contributed by atoms with E-state index in [1.165, 1.54) is 19.3 Å². The molecule has 3 heteroatoms. The van der Waals surface area contributed by atoms with Crippen LogP contribution in [-0.2, 0) is 0 Å². The Morgan fingerprint density at radius 1 is 1.35 bits per heavy atom. The van der Waals surface area contributed by atoms with Gasteiger partial charge in [-0.3, -0.25) is 0 Å². The van der Waals surface area contributed by atoms with Gasteiger partial charge in [0.25, 0.3) is 0 Å². The average molecular weight is 236 g/mol. The molecule has 0 saturated carbocycles. The normalized spacial score (nSPS) is 12.2. The van der Waals surface area contributed by atoms with Crippen LogP contribution in [0.1, 0.15) is 46.5 Å². The number of unbranched alkanes of at least 4 members (excludes halogenated alkanes) is 1. The van der Waals surface area contributed by atoms with E-state index >= 15 is 0 Å². The Morgan fingerprint density at radius 2 is 2.18 bits per heavy atom. The fourth-order valence-corrected chi connectivity index (χ4v) is 1.64. The third-order valence-electron chi connectivity index (χ3n) is 2.61. The van der Waals surface area contributed by atoms with E-state index in [0.29, 0.717) is 6.04 Å². The fourth-order valence-electron chi connectivity index (χ4n) is 1.64. The number of rotatable bonds is 8. The molecule has 0 aliphatic rings. The Bertz CT molecular complexity index is 315. The molecule has 0 aromatic carbocycles. The van der Waals surface area contributed by atoms with Crippen LogP contribution in [0.2, 0.25) is 0 Å². The summed E-state index contributed by atoms with van der Waals surface area (Å²) < 4.78 is 5.67. The van der Waals surface area contributed by atoms with E-state index in [1.54, 1.807) is 6.20 Å². The first-order valence-electron chi connectivity index (χ1n) is 6.62. The number of hydrogen-bond donors (Lipinski definition) is 1. The van der Waals surface area contributed by atoms with Crippen molar-refractivity contribution in [3.63, 3.8) is 0 Å². The maximum atomic E-state index is 5.67. The van der Waals surface area contributed by atoms with Crippen LogP contribution in [0, 0.1) is 0 Å². The van der Waals surface area contributed by atoms with Crippen LogP contribution >= 0.6 is 0 Å². The molecule has 1 unspecified atom stereocenters. The number of ether oxygens (including phenoxy) is 1. The topological polar surface area (TPSA) is 34.2 Å². The second-order valence-corrected chi connectivity index (χ2v) is 4.39. The lowest BCUT2D eigenvalue weighted by atomic mass is 10.1. The number of hydrogen-bond acceptors (Lipinski definition) is 3. The molecular formula is C14H24N2O. The minimum atomic E-state index is 0.439. The van der Waals surface area contributed by atoms with Gasteiger partial charge in [0.1, 0.15) is 0 Å². The maximum Gasteiger partial charge on any atom is 0.168 e. The summed E-state index contributed by atoms with van der Waals surface area (Å²) in [4.78, 5) is 4.34. The van der Waals surface area contributed by atoms with Crippen molar-refractivity contribution in [2.75, 3.05) is 11.9 Å². The number of anilines is 1. The molecule has 1 heterocycles. The molecule has 17 heavy (non-hydrogen) atoms. The van der Waals surface area contributed by atoms with E-state index in [-0.39, 0.29) is 0 Å². The first kappa shape index (κ1) is 13.8. The van der Waals surface area contributed by atoms with Crippen molar-refractivity contribution in [3.8, 4) is 5.75 Å². The van der Waals surface area contributed by atoms with Crippen molar-refractivity contribution < 1.29 is 4.74 Å². The molecule has 1 aromatic heterocycles. The monoisotopic (exact) mass is 236 g/mol. The minimum absolute atomic E-state index is 0.439. The van der Waals surface area contributed by atoms with Gasteiger partial charge >= 0.3 is 0 Å². The van der Waals surface area contributed by atoms with Crippen molar-refractivity contribution in [1.29, 1.82) is 0 Å². The van der Waals surface area contributed by atoms with Gasteiger partial charge in [-0.25, -0.2) is 4.98 Å². The van der Waals surface area contributed by atoms with E-state index in [1.807, 2.05) is 12.1 Å². The molecule has 0 amide bonds. The second-order valence-electron chi connectivity index (χ2n) is 4.39. The molecule has 96 valence electrons. The molecule has 1 rings (SSSR count). The van der Waals surface area contributed by atoms with Crippen LogP contribution in [0.15, 0.2) is 18.3 Å². The molecule has 0 spiro atoms. The zero-order valence-corrected chi connectivity index (χ0v) is 11.2. The summed E-state index contributed by atoms with van der Waals surface area (Å²) in [6, 6.07) is 4.32. The number of pyridine rings is 1. The van der Waals surface area contributed by atoms with Crippen LogP contribution in [0.5, 0.6) is 5.75 Å². The zero-order valence-electron chi connectivity index (χ0n) is 11.2. The Balaban J connectivity index is 2.56. The maximum absolute atomic E-state index is 5.67. The third kappa shape index (κ3) is 5.07. The highest BCUT2D eigenvalue weighted by molar-refractivity contribution is 5.49. The minimum Gasteiger partial charge on any atom is -0.490 e. The third-order valence-corrected chi connectivity index (χ3v) is 2.61. The van der Waals surface area contributed by atoms with Crippen LogP contribution < -0.4 is 10.1 Å². The standard InChI is InChI=1S/C14H24N2O/c1-4-6-8-12(3)16-14-13(17-11-5-2)9-7-10-15-14/h7,9-10,12H,4-6,8,11H2,1-3H3,(H,15,16). The smallest absolute Gasteiger partial charge is 0.168 e. The Hall–Kier alpha value is -1.25. The average Bonchev–Trinajstić information content (AvgIpc) is 2.35. The van der Waals surface area contributed by atoms with Gasteiger partial charge in [0.15, 0.2) is 11.6 Å². The predicted octanol–water partition coefficient (Wildman–Crippen LogP) is 3.86. The Morgan fingerprint density at radius 3 is 2.88 bits per heavy atom. The van der Waals surface area contributed by atoms with Gasteiger partial charge in [0.05, 0.1) is 6.61 Å². The summed E-state index contributed by atoms with van der Waals surface area (Å²) in [7, 11) is 0. The first-order valence-corrected chi connectivity index (χ1v) is 6.62. The highest BCUT2D eigenvalue weighted by Crippen LogP contribution is 2.22. The largest absolute Gasteiger partial charge is 0.490 e. The van der Waals surface area contributed by atoms with Crippen molar-refractivity contribution in [2.24, 2.45) is 0 Å². The van der Waals surface area contributed by atoms with Crippen molar-refractivity contribution in [3.05, 3.63) is 18.3 Å². The molecule has 1 N–H and O–H groups in total. The van der Waals surface area contributed by atoms with Gasteiger partial charge in [0.2, 0.25) is 0 Å². The van der Waals surface area contributed by atoms with Crippen LogP contribution in [0.25, 0.3) is 0 Å². The van der Waals surface area contributed by atoms with Crippen LogP contribution in [0.3, 0.4) is 0 Å². The van der Waals surface area contributed by atoms with E-state index in [9.17, 15) is 0 Å². The molecule has 0 aliphatic heterocycles. The van der Waals surface area contributed by atoms with Gasteiger partial charge in [-0.15, -0.1) is 0 Å². The predicted molar refractivity (Wildman–Crippen MR) is 72.6 cm³/mol. The second kappa shape index (κ2) is 7.93. The van der Waals surface area contributed by atoms with Crippen molar-refractivity contribution in [2.45, 2.75) is 52.5 Å². The lowest BCUT2D eigenvalue weighted by Crippen LogP contribution is -2.16. The Kier molecular flexibility index (Phi) is 6.45. The Labute approximate surface area is 105 Å². The molecule has 0 radical (unpaired) electrons. The number of nitrogens with zero attached hydrogens (tertiary/aromatic N) is 1. The van der Waals surface area contributed by atoms with E-state index < -0.39 is 0 Å². The van der Waals surface area contributed by atoms with Crippen molar-refractivity contribution >= 4 is 5.82 Å². The summed E-state index contributed by atoms with van der Waals surface area (Å²) in [6.45, 7) is 7.24. The SMILES string of the molecule is CCCCC(C)Nc1ncccc1OCCC. The van der Waals surface area contributed by atoms with E-state index in [4.69, 9.17) is 4.74 Å². The van der Waals surface area contributed by atoms with Gasteiger partial charge in [0, 0.05) is 12.2 Å². The van der Waals surface area contributed by atoms with Crippen LogP contribution in [0.4, 0.5) is 5.82 Å². The summed E-state index contributed by atoms with van der Waals surface area (Å²) in [5.74, 6) is 1.72. The van der Waals surface area contributed by atoms with Gasteiger partial charge in [-0.1, -0.05) is 26.7 Å². The molecule has 0 saturated heterocycles. The lowest BCUT2D eigenvalue weighted by Gasteiger charge is -2.16. The van der Waals surface area contributed by atoms with Gasteiger partial charge in [-0.2, -0.15) is 0 Å². The summed E-state index contributed by atoms with van der Waals surface area (Å²) in [5.41, 5.74) is 0. The highest BCUT2D eigenvalue weighted by Gasteiger charge is 2.07. The lowest BCUT2D eigenvalue weighted by molar-refractivity contribution is 0.317. The molecule has 0 bridgehead atoms. The molecule has 3 nitrogen and oxygen atoms in total. The molecule has 1 atom stereocenters. The molecular weight excluding hydrogens is 212 g/mol.